The molecule has 0 amide bonds. The van der Waals surface area contributed by atoms with Gasteiger partial charge in [-0.15, -0.1) is 0 Å². The highest BCUT2D eigenvalue weighted by molar-refractivity contribution is 7.89. The SMILES string of the molecule is Nc1cc(Cl)c(F)c(S(=O)(=O)NCCc2cccnc2)c1. The topological polar surface area (TPSA) is 85.1 Å². The third-order valence-corrected chi connectivity index (χ3v) is 4.47. The lowest BCUT2D eigenvalue weighted by molar-refractivity contribution is 0.557. The predicted molar refractivity (Wildman–Crippen MR) is 79.0 cm³/mol. The fourth-order valence-electron chi connectivity index (χ4n) is 1.73. The summed E-state index contributed by atoms with van der Waals surface area (Å²) in [6, 6.07) is 5.76. The molecule has 0 fully saturated rings. The van der Waals surface area contributed by atoms with Crippen molar-refractivity contribution in [3.8, 4) is 0 Å². The molecule has 2 rings (SSSR count). The molecule has 0 saturated carbocycles. The van der Waals surface area contributed by atoms with Crippen LogP contribution in [0.1, 0.15) is 5.56 Å². The number of nitrogens with zero attached hydrogens (tertiary/aromatic N) is 1. The van der Waals surface area contributed by atoms with Crippen molar-refractivity contribution in [2.24, 2.45) is 0 Å². The van der Waals surface area contributed by atoms with Crippen LogP contribution in [0.15, 0.2) is 41.6 Å². The van der Waals surface area contributed by atoms with Crippen molar-refractivity contribution in [2.45, 2.75) is 11.3 Å². The number of halogens is 2. The Morgan fingerprint density at radius 1 is 1.38 bits per heavy atom. The lowest BCUT2D eigenvalue weighted by Gasteiger charge is -2.09. The Morgan fingerprint density at radius 3 is 2.81 bits per heavy atom. The summed E-state index contributed by atoms with van der Waals surface area (Å²) in [6.45, 7) is 0.111. The second-order valence-electron chi connectivity index (χ2n) is 4.32. The van der Waals surface area contributed by atoms with E-state index in [9.17, 15) is 12.8 Å². The molecule has 0 bridgehead atoms. The smallest absolute Gasteiger partial charge is 0.243 e. The normalized spacial score (nSPS) is 11.5. The number of nitrogens with two attached hydrogens (primary N) is 1. The fourth-order valence-corrected chi connectivity index (χ4v) is 3.18. The third-order valence-electron chi connectivity index (χ3n) is 2.74. The highest BCUT2D eigenvalue weighted by Gasteiger charge is 2.21. The van der Waals surface area contributed by atoms with Crippen LogP contribution in [0.25, 0.3) is 0 Å². The van der Waals surface area contributed by atoms with Gasteiger partial charge in [-0.25, -0.2) is 17.5 Å². The van der Waals surface area contributed by atoms with Crippen molar-refractivity contribution in [3.05, 3.63) is 53.1 Å². The van der Waals surface area contributed by atoms with Gasteiger partial charge < -0.3 is 5.73 Å². The number of hydrogen-bond donors (Lipinski definition) is 2. The van der Waals surface area contributed by atoms with E-state index in [1.807, 2.05) is 6.07 Å². The number of sulfonamides is 1. The number of aromatic nitrogens is 1. The molecular weight excluding hydrogens is 317 g/mol. The highest BCUT2D eigenvalue weighted by Crippen LogP contribution is 2.25. The van der Waals surface area contributed by atoms with Crippen LogP contribution in [0.3, 0.4) is 0 Å². The molecule has 3 N–H and O–H groups in total. The average molecular weight is 330 g/mol. The van der Waals surface area contributed by atoms with Gasteiger partial charge in [-0.2, -0.15) is 0 Å². The Labute approximate surface area is 127 Å². The quantitative estimate of drug-likeness (QED) is 0.821. The van der Waals surface area contributed by atoms with Gasteiger partial charge in [0.05, 0.1) is 5.02 Å². The number of rotatable bonds is 5. The molecule has 1 aromatic heterocycles. The van der Waals surface area contributed by atoms with Gasteiger partial charge in [-0.1, -0.05) is 17.7 Å². The number of benzene rings is 1. The minimum atomic E-state index is -4.02. The van der Waals surface area contributed by atoms with E-state index in [2.05, 4.69) is 9.71 Å². The van der Waals surface area contributed by atoms with Gasteiger partial charge in [0.2, 0.25) is 10.0 Å². The van der Waals surface area contributed by atoms with Gasteiger partial charge in [0, 0.05) is 24.6 Å². The molecule has 1 aromatic carbocycles. The summed E-state index contributed by atoms with van der Waals surface area (Å²) >= 11 is 5.60. The maximum atomic E-state index is 13.8. The van der Waals surface area contributed by atoms with Crippen LogP contribution < -0.4 is 10.5 Å². The molecule has 112 valence electrons. The van der Waals surface area contributed by atoms with Crippen LogP contribution in [-0.2, 0) is 16.4 Å². The second kappa shape index (κ2) is 6.38. The van der Waals surface area contributed by atoms with E-state index >= 15 is 0 Å². The number of hydrogen-bond acceptors (Lipinski definition) is 4. The molecule has 0 radical (unpaired) electrons. The van der Waals surface area contributed by atoms with E-state index in [0.717, 1.165) is 17.7 Å². The lowest BCUT2D eigenvalue weighted by Crippen LogP contribution is -2.27. The molecule has 5 nitrogen and oxygen atoms in total. The maximum Gasteiger partial charge on any atom is 0.243 e. The average Bonchev–Trinajstić information content (AvgIpc) is 2.43. The summed E-state index contributed by atoms with van der Waals surface area (Å²) in [5.74, 6) is -1.01. The Balaban J connectivity index is 2.12. The van der Waals surface area contributed by atoms with Crippen molar-refractivity contribution >= 4 is 27.3 Å². The Hall–Kier alpha value is -1.70. The first-order chi connectivity index (χ1) is 9.90. The number of pyridine rings is 1. The molecule has 2 aromatic rings. The van der Waals surface area contributed by atoms with Gasteiger partial charge >= 0.3 is 0 Å². The van der Waals surface area contributed by atoms with Gasteiger partial charge in [0.1, 0.15) is 4.90 Å². The van der Waals surface area contributed by atoms with Crippen molar-refractivity contribution in [1.29, 1.82) is 0 Å². The zero-order valence-corrected chi connectivity index (χ0v) is 12.5. The summed E-state index contributed by atoms with van der Waals surface area (Å²) in [7, 11) is -4.02. The molecule has 0 aliphatic heterocycles. The first kappa shape index (κ1) is 15.7. The van der Waals surface area contributed by atoms with Gasteiger partial charge in [-0.05, 0) is 30.2 Å². The van der Waals surface area contributed by atoms with Gasteiger partial charge in [-0.3, -0.25) is 4.98 Å². The zero-order chi connectivity index (χ0) is 15.5. The number of nitrogen functional groups attached to an aromatic ring is 1. The molecule has 0 unspecified atom stereocenters. The third kappa shape index (κ3) is 3.90. The van der Waals surface area contributed by atoms with E-state index in [1.165, 1.54) is 0 Å². The van der Waals surface area contributed by atoms with Crippen molar-refractivity contribution < 1.29 is 12.8 Å². The van der Waals surface area contributed by atoms with E-state index in [0.29, 0.717) is 6.42 Å². The predicted octanol–water partition coefficient (Wildman–Crippen LogP) is 1.98. The summed E-state index contributed by atoms with van der Waals surface area (Å²) in [4.78, 5) is 3.37. The summed E-state index contributed by atoms with van der Waals surface area (Å²) in [5, 5.41) is -0.331. The highest BCUT2D eigenvalue weighted by atomic mass is 35.5. The fraction of sp³-hybridized carbons (Fsp3) is 0.154. The Morgan fingerprint density at radius 2 is 2.14 bits per heavy atom. The molecule has 21 heavy (non-hydrogen) atoms. The standard InChI is InChI=1S/C13H13ClFN3O2S/c14-11-6-10(16)7-12(13(11)15)21(19,20)18-5-3-9-2-1-4-17-8-9/h1-2,4,6-8,18H,3,5,16H2. The van der Waals surface area contributed by atoms with Crippen LogP contribution in [0.2, 0.25) is 5.02 Å². The molecule has 0 saturated heterocycles. The Bertz CT molecular complexity index is 739. The second-order valence-corrected chi connectivity index (χ2v) is 6.47. The molecular formula is C13H13ClFN3O2S. The summed E-state index contributed by atoms with van der Waals surface area (Å²) < 4.78 is 40.3. The number of nitrogens with one attached hydrogen (secondary N) is 1. The molecule has 0 aliphatic rings. The van der Waals surface area contributed by atoms with E-state index < -0.39 is 20.7 Å². The van der Waals surface area contributed by atoms with Crippen molar-refractivity contribution in [2.75, 3.05) is 12.3 Å². The monoisotopic (exact) mass is 329 g/mol. The van der Waals surface area contributed by atoms with E-state index in [-0.39, 0.29) is 17.3 Å². The largest absolute Gasteiger partial charge is 0.399 e. The first-order valence-corrected chi connectivity index (χ1v) is 7.89. The minimum Gasteiger partial charge on any atom is -0.399 e. The first-order valence-electron chi connectivity index (χ1n) is 6.03. The van der Waals surface area contributed by atoms with Crippen LogP contribution in [-0.4, -0.2) is 19.9 Å². The molecule has 8 heteroatoms. The Kier molecular flexibility index (Phi) is 4.76. The van der Waals surface area contributed by atoms with Crippen LogP contribution in [0, 0.1) is 5.82 Å². The van der Waals surface area contributed by atoms with Crippen molar-refractivity contribution in [3.63, 3.8) is 0 Å². The van der Waals surface area contributed by atoms with Gasteiger partial charge in [0.25, 0.3) is 0 Å². The van der Waals surface area contributed by atoms with Crippen LogP contribution in [0.4, 0.5) is 10.1 Å². The molecule has 1 heterocycles. The molecule has 0 atom stereocenters. The van der Waals surface area contributed by atoms with E-state index in [1.54, 1.807) is 18.5 Å². The maximum absolute atomic E-state index is 13.8. The zero-order valence-electron chi connectivity index (χ0n) is 10.9. The summed E-state index contributed by atoms with van der Waals surface area (Å²) in [6.07, 6.45) is 3.69. The number of anilines is 1. The molecule has 0 aliphatic carbocycles. The van der Waals surface area contributed by atoms with E-state index in [4.69, 9.17) is 17.3 Å². The molecule has 0 spiro atoms. The lowest BCUT2D eigenvalue weighted by atomic mass is 10.2. The summed E-state index contributed by atoms with van der Waals surface area (Å²) in [5.41, 5.74) is 6.44. The van der Waals surface area contributed by atoms with Crippen LogP contribution in [0.5, 0.6) is 0 Å². The van der Waals surface area contributed by atoms with Crippen LogP contribution >= 0.6 is 11.6 Å². The van der Waals surface area contributed by atoms with Crippen molar-refractivity contribution in [1.82, 2.24) is 9.71 Å². The minimum absolute atomic E-state index is 0.0778. The van der Waals surface area contributed by atoms with Gasteiger partial charge in [0.15, 0.2) is 5.82 Å².